The second-order valence-corrected chi connectivity index (χ2v) is 3.67. The van der Waals surface area contributed by atoms with Gasteiger partial charge in [-0.25, -0.2) is 0 Å². The van der Waals surface area contributed by atoms with Crippen molar-refractivity contribution in [2.45, 2.75) is 6.61 Å². The number of halogens is 1. The zero-order valence-corrected chi connectivity index (χ0v) is 9.32. The molecule has 0 saturated carbocycles. The van der Waals surface area contributed by atoms with E-state index in [1.54, 1.807) is 24.4 Å². The zero-order valence-electron chi connectivity index (χ0n) is 8.56. The van der Waals surface area contributed by atoms with Gasteiger partial charge in [-0.15, -0.1) is 0 Å². The molecule has 82 valence electrons. The Morgan fingerprint density at radius 3 is 2.75 bits per heavy atom. The topological polar surface area (TPSA) is 48.1 Å². The molecule has 1 aromatic heterocycles. The number of rotatable bonds is 3. The van der Waals surface area contributed by atoms with Gasteiger partial charge < -0.3 is 10.5 Å². The van der Waals surface area contributed by atoms with Gasteiger partial charge in [0.2, 0.25) is 0 Å². The number of ether oxygens (including phenoxy) is 1. The second kappa shape index (κ2) is 4.86. The van der Waals surface area contributed by atoms with Gasteiger partial charge >= 0.3 is 0 Å². The molecule has 2 N–H and O–H groups in total. The molecule has 4 heteroatoms. The van der Waals surface area contributed by atoms with E-state index in [1.165, 1.54) is 0 Å². The maximum Gasteiger partial charge on any atom is 0.138 e. The predicted molar refractivity (Wildman–Crippen MR) is 64.4 cm³/mol. The second-order valence-electron chi connectivity index (χ2n) is 3.26. The van der Waals surface area contributed by atoms with Crippen molar-refractivity contribution >= 4 is 17.3 Å². The maximum absolute atomic E-state index is 5.95. The number of nitrogens with zero attached hydrogens (tertiary/aromatic N) is 1. The van der Waals surface area contributed by atoms with Gasteiger partial charge in [0.25, 0.3) is 0 Å². The quantitative estimate of drug-likeness (QED) is 0.888. The Kier molecular flexibility index (Phi) is 3.27. The minimum Gasteiger partial charge on any atom is -0.486 e. The third-order valence-corrected chi connectivity index (χ3v) is 2.44. The van der Waals surface area contributed by atoms with E-state index in [4.69, 9.17) is 22.1 Å². The van der Waals surface area contributed by atoms with Crippen LogP contribution in [0.3, 0.4) is 0 Å². The van der Waals surface area contributed by atoms with E-state index in [9.17, 15) is 0 Å². The molecular weight excluding hydrogens is 224 g/mol. The SMILES string of the molecule is Nc1cccnc1COc1ccccc1Cl. The van der Waals surface area contributed by atoms with E-state index >= 15 is 0 Å². The molecule has 2 aromatic rings. The first-order valence-electron chi connectivity index (χ1n) is 4.84. The van der Waals surface area contributed by atoms with E-state index < -0.39 is 0 Å². The van der Waals surface area contributed by atoms with Crippen molar-refractivity contribution in [3.63, 3.8) is 0 Å². The summed E-state index contributed by atoms with van der Waals surface area (Å²) in [4.78, 5) is 4.13. The normalized spacial score (nSPS) is 10.1. The Morgan fingerprint density at radius 2 is 2.00 bits per heavy atom. The third kappa shape index (κ3) is 2.44. The number of aromatic nitrogens is 1. The average Bonchev–Trinajstić information content (AvgIpc) is 2.30. The molecule has 0 aliphatic carbocycles. The van der Waals surface area contributed by atoms with Crippen LogP contribution in [-0.2, 0) is 6.61 Å². The number of hydrogen-bond acceptors (Lipinski definition) is 3. The van der Waals surface area contributed by atoms with Gasteiger partial charge in [0.1, 0.15) is 18.1 Å². The van der Waals surface area contributed by atoms with Crippen LogP contribution in [0.25, 0.3) is 0 Å². The first-order valence-corrected chi connectivity index (χ1v) is 5.22. The molecule has 0 bridgehead atoms. The van der Waals surface area contributed by atoms with Gasteiger partial charge in [0.05, 0.1) is 10.7 Å². The Bertz CT molecular complexity index is 442. The van der Waals surface area contributed by atoms with Crippen LogP contribution in [0.2, 0.25) is 5.02 Å². The summed E-state index contributed by atoms with van der Waals surface area (Å²) in [5.41, 5.74) is 7.08. The smallest absolute Gasteiger partial charge is 0.138 e. The van der Waals surface area contributed by atoms with Crippen molar-refractivity contribution in [3.05, 3.63) is 53.3 Å². The zero-order chi connectivity index (χ0) is 11.4. The summed E-state index contributed by atoms with van der Waals surface area (Å²) in [5.74, 6) is 0.634. The van der Waals surface area contributed by atoms with Gasteiger partial charge in [0.15, 0.2) is 0 Å². The molecule has 1 aromatic carbocycles. The fraction of sp³-hybridized carbons (Fsp3) is 0.0833. The van der Waals surface area contributed by atoms with Crippen molar-refractivity contribution in [1.29, 1.82) is 0 Å². The standard InChI is InChI=1S/C12H11ClN2O/c13-9-4-1-2-6-12(9)16-8-11-10(14)5-3-7-15-11/h1-7H,8,14H2. The number of benzene rings is 1. The van der Waals surface area contributed by atoms with Crippen molar-refractivity contribution in [1.82, 2.24) is 4.98 Å². The van der Waals surface area contributed by atoms with Crippen LogP contribution in [0.5, 0.6) is 5.75 Å². The number of para-hydroxylation sites is 1. The van der Waals surface area contributed by atoms with Crippen LogP contribution in [-0.4, -0.2) is 4.98 Å². The third-order valence-electron chi connectivity index (χ3n) is 2.13. The molecule has 0 unspecified atom stereocenters. The van der Waals surface area contributed by atoms with E-state index in [-0.39, 0.29) is 0 Å². The summed E-state index contributed by atoms with van der Waals surface area (Å²) in [6, 6.07) is 10.9. The molecule has 0 aliphatic rings. The Labute approximate surface area is 98.8 Å². The van der Waals surface area contributed by atoms with Crippen molar-refractivity contribution in [3.8, 4) is 5.75 Å². The summed E-state index contributed by atoms with van der Waals surface area (Å²) >= 11 is 5.95. The maximum atomic E-state index is 5.95. The largest absolute Gasteiger partial charge is 0.486 e. The lowest BCUT2D eigenvalue weighted by atomic mass is 10.3. The fourth-order valence-electron chi connectivity index (χ4n) is 1.28. The summed E-state index contributed by atoms with van der Waals surface area (Å²) in [6.45, 7) is 0.316. The molecule has 0 aliphatic heterocycles. The van der Waals surface area contributed by atoms with Crippen LogP contribution in [0.15, 0.2) is 42.6 Å². The average molecular weight is 235 g/mol. The highest BCUT2D eigenvalue weighted by Crippen LogP contribution is 2.24. The number of nitrogens with two attached hydrogens (primary N) is 1. The van der Waals surface area contributed by atoms with Crippen LogP contribution >= 0.6 is 11.6 Å². The summed E-state index contributed by atoms with van der Waals surface area (Å²) in [5, 5.41) is 0.581. The molecule has 0 atom stereocenters. The molecule has 1 heterocycles. The predicted octanol–water partition coefficient (Wildman–Crippen LogP) is 2.90. The van der Waals surface area contributed by atoms with Crippen LogP contribution in [0, 0.1) is 0 Å². The molecule has 0 radical (unpaired) electrons. The van der Waals surface area contributed by atoms with E-state index in [0.29, 0.717) is 28.8 Å². The van der Waals surface area contributed by atoms with Crippen LogP contribution < -0.4 is 10.5 Å². The first kappa shape index (κ1) is 10.8. The van der Waals surface area contributed by atoms with Crippen molar-refractivity contribution in [2.24, 2.45) is 0 Å². The summed E-state index contributed by atoms with van der Waals surface area (Å²) in [6.07, 6.45) is 1.68. The highest BCUT2D eigenvalue weighted by molar-refractivity contribution is 6.32. The number of nitrogen functional groups attached to an aromatic ring is 1. The molecule has 2 rings (SSSR count). The number of pyridine rings is 1. The molecule has 0 fully saturated rings. The van der Waals surface area contributed by atoms with Gasteiger partial charge in [0, 0.05) is 6.20 Å². The molecular formula is C12H11ClN2O. The van der Waals surface area contributed by atoms with Crippen molar-refractivity contribution < 1.29 is 4.74 Å². The molecule has 0 amide bonds. The summed E-state index contributed by atoms with van der Waals surface area (Å²) in [7, 11) is 0. The minimum absolute atomic E-state index is 0.316. The minimum atomic E-state index is 0.316. The number of anilines is 1. The van der Waals surface area contributed by atoms with E-state index in [0.717, 1.165) is 0 Å². The van der Waals surface area contributed by atoms with Crippen LogP contribution in [0.4, 0.5) is 5.69 Å². The Hall–Kier alpha value is -1.74. The highest BCUT2D eigenvalue weighted by Gasteiger charge is 2.03. The lowest BCUT2D eigenvalue weighted by Gasteiger charge is -2.08. The van der Waals surface area contributed by atoms with E-state index in [2.05, 4.69) is 4.98 Å². The summed E-state index contributed by atoms with van der Waals surface area (Å²) < 4.78 is 5.53. The van der Waals surface area contributed by atoms with Gasteiger partial charge in [-0.05, 0) is 24.3 Å². The first-order chi connectivity index (χ1) is 7.77. The van der Waals surface area contributed by atoms with Gasteiger partial charge in [-0.2, -0.15) is 0 Å². The Balaban J connectivity index is 2.09. The van der Waals surface area contributed by atoms with E-state index in [1.807, 2.05) is 18.2 Å². The highest BCUT2D eigenvalue weighted by atomic mass is 35.5. The molecule has 0 spiro atoms. The van der Waals surface area contributed by atoms with Crippen molar-refractivity contribution in [2.75, 3.05) is 5.73 Å². The lowest BCUT2D eigenvalue weighted by Crippen LogP contribution is -2.02. The molecule has 3 nitrogen and oxygen atoms in total. The van der Waals surface area contributed by atoms with Gasteiger partial charge in [-0.3, -0.25) is 4.98 Å². The fourth-order valence-corrected chi connectivity index (χ4v) is 1.47. The van der Waals surface area contributed by atoms with Gasteiger partial charge in [-0.1, -0.05) is 23.7 Å². The monoisotopic (exact) mass is 234 g/mol. The lowest BCUT2D eigenvalue weighted by molar-refractivity contribution is 0.302. The number of hydrogen-bond donors (Lipinski definition) is 1. The molecule has 0 saturated heterocycles. The Morgan fingerprint density at radius 1 is 1.19 bits per heavy atom. The molecule has 16 heavy (non-hydrogen) atoms. The van der Waals surface area contributed by atoms with Crippen LogP contribution in [0.1, 0.15) is 5.69 Å².